The Hall–Kier alpha value is -2.32. The lowest BCUT2D eigenvalue weighted by molar-refractivity contribution is -0.128. The van der Waals surface area contributed by atoms with Gasteiger partial charge in [-0.15, -0.1) is 10.2 Å². The Morgan fingerprint density at radius 1 is 1.27 bits per heavy atom. The van der Waals surface area contributed by atoms with E-state index in [1.807, 2.05) is 9.80 Å². The van der Waals surface area contributed by atoms with Crippen molar-refractivity contribution >= 4 is 40.0 Å². The lowest BCUT2D eigenvalue weighted by Gasteiger charge is -2.34. The summed E-state index contributed by atoms with van der Waals surface area (Å²) in [5.74, 6) is 1.42. The van der Waals surface area contributed by atoms with E-state index < -0.39 is 0 Å². The highest BCUT2D eigenvalue weighted by Crippen LogP contribution is 2.29. The third-order valence-corrected chi connectivity index (χ3v) is 7.37. The van der Waals surface area contributed by atoms with Gasteiger partial charge in [0.15, 0.2) is 10.2 Å². The first kappa shape index (κ1) is 20.9. The number of aromatic nitrogens is 3. The molecule has 0 unspecified atom stereocenters. The van der Waals surface area contributed by atoms with E-state index in [1.165, 1.54) is 55.2 Å². The number of nitrogens with one attached hydrogen (secondary N) is 1. The van der Waals surface area contributed by atoms with Crippen LogP contribution in [0.15, 0.2) is 8.76 Å². The molecule has 0 radical (unpaired) electrons. The number of thioether (sulfide) groups is 1. The van der Waals surface area contributed by atoms with Gasteiger partial charge >= 0.3 is 0 Å². The van der Waals surface area contributed by atoms with Crippen LogP contribution < -0.4 is 10.2 Å². The Morgan fingerprint density at radius 2 is 2.03 bits per heavy atom. The van der Waals surface area contributed by atoms with E-state index in [0.717, 1.165) is 9.47 Å². The van der Waals surface area contributed by atoms with Gasteiger partial charge in [0.05, 0.1) is 5.75 Å². The molecule has 11 heteroatoms. The van der Waals surface area contributed by atoms with Gasteiger partial charge in [0.1, 0.15) is 6.07 Å². The molecule has 2 aromatic heterocycles. The summed E-state index contributed by atoms with van der Waals surface area (Å²) in [6, 6.07) is 2.56. The number of anilines is 2. The first-order valence-corrected chi connectivity index (χ1v) is 12.1. The molecule has 2 aromatic rings. The molecule has 3 heterocycles. The average Bonchev–Trinajstić information content (AvgIpc) is 3.38. The highest BCUT2D eigenvalue weighted by Gasteiger charge is 2.26. The molecule has 1 N–H and O–H groups in total. The SMILES string of the molecule is Cc1nc(C#N)c(N2CCN(C(=O)CSc3nnc(NC4CCCCC4)s3)CC2)o1. The molecule has 0 spiro atoms. The van der Waals surface area contributed by atoms with Crippen LogP contribution in [0.5, 0.6) is 0 Å². The summed E-state index contributed by atoms with van der Waals surface area (Å²) in [6.45, 7) is 4.15. The standard InChI is InChI=1S/C19H25N7O2S2/c1-13-21-15(11-20)17(28-13)26-9-7-25(8-10-26)16(27)12-29-19-24-23-18(30-19)22-14-5-3-2-4-6-14/h14H,2-10,12H2,1H3,(H,22,23). The van der Waals surface area contributed by atoms with Gasteiger partial charge in [-0.2, -0.15) is 5.26 Å². The minimum absolute atomic E-state index is 0.0888. The van der Waals surface area contributed by atoms with Crippen LogP contribution in [-0.4, -0.2) is 64.0 Å². The van der Waals surface area contributed by atoms with Crippen LogP contribution in [0.4, 0.5) is 11.0 Å². The molecule has 2 aliphatic rings. The first-order valence-electron chi connectivity index (χ1n) is 10.3. The number of nitriles is 1. The maximum absolute atomic E-state index is 12.6. The van der Waals surface area contributed by atoms with E-state index >= 15 is 0 Å². The number of carbonyl (C=O) groups excluding carboxylic acids is 1. The maximum atomic E-state index is 12.6. The number of piperazine rings is 1. The lowest BCUT2D eigenvalue weighted by Crippen LogP contribution is -2.49. The number of rotatable bonds is 6. The van der Waals surface area contributed by atoms with E-state index in [-0.39, 0.29) is 5.91 Å². The topological polar surface area (TPSA) is 111 Å². The molecule has 1 saturated carbocycles. The Kier molecular flexibility index (Phi) is 6.74. The van der Waals surface area contributed by atoms with Gasteiger partial charge in [0, 0.05) is 39.1 Å². The maximum Gasteiger partial charge on any atom is 0.234 e. The van der Waals surface area contributed by atoms with E-state index in [4.69, 9.17) is 4.42 Å². The normalized spacial score (nSPS) is 17.7. The van der Waals surface area contributed by atoms with Crippen LogP contribution in [0, 0.1) is 18.3 Å². The Labute approximate surface area is 183 Å². The molecule has 4 rings (SSSR count). The smallest absolute Gasteiger partial charge is 0.234 e. The van der Waals surface area contributed by atoms with E-state index in [9.17, 15) is 10.1 Å². The monoisotopic (exact) mass is 447 g/mol. The average molecular weight is 448 g/mol. The van der Waals surface area contributed by atoms with Crippen molar-refractivity contribution in [2.75, 3.05) is 42.1 Å². The second kappa shape index (κ2) is 9.66. The molecule has 1 aliphatic carbocycles. The van der Waals surface area contributed by atoms with Crippen molar-refractivity contribution in [1.82, 2.24) is 20.1 Å². The van der Waals surface area contributed by atoms with Gasteiger partial charge < -0.3 is 19.5 Å². The molecule has 1 amide bonds. The van der Waals surface area contributed by atoms with Gasteiger partial charge in [-0.05, 0) is 12.8 Å². The summed E-state index contributed by atoms with van der Waals surface area (Å²) in [6.07, 6.45) is 6.25. The number of hydrogen-bond donors (Lipinski definition) is 1. The van der Waals surface area contributed by atoms with Gasteiger partial charge in [-0.1, -0.05) is 42.4 Å². The molecule has 9 nitrogen and oxygen atoms in total. The highest BCUT2D eigenvalue weighted by atomic mass is 32.2. The molecule has 0 bridgehead atoms. The quantitative estimate of drug-likeness (QED) is 0.668. The molecule has 1 aliphatic heterocycles. The molecular formula is C19H25N7O2S2. The van der Waals surface area contributed by atoms with Crippen LogP contribution in [0.3, 0.4) is 0 Å². The Balaban J connectivity index is 1.23. The Bertz CT molecular complexity index is 908. The molecule has 160 valence electrons. The zero-order valence-electron chi connectivity index (χ0n) is 17.0. The molecule has 30 heavy (non-hydrogen) atoms. The van der Waals surface area contributed by atoms with Crippen molar-refractivity contribution in [2.24, 2.45) is 0 Å². The second-order valence-electron chi connectivity index (χ2n) is 7.51. The number of oxazole rings is 1. The van der Waals surface area contributed by atoms with Crippen LogP contribution in [0.25, 0.3) is 0 Å². The predicted octanol–water partition coefficient (Wildman–Crippen LogP) is 2.89. The molecule has 2 fully saturated rings. The van der Waals surface area contributed by atoms with Crippen molar-refractivity contribution in [3.8, 4) is 6.07 Å². The minimum Gasteiger partial charge on any atom is -0.424 e. The number of hydrogen-bond acceptors (Lipinski definition) is 10. The minimum atomic E-state index is 0.0888. The summed E-state index contributed by atoms with van der Waals surface area (Å²) < 4.78 is 6.38. The van der Waals surface area contributed by atoms with Crippen LogP contribution in [-0.2, 0) is 4.79 Å². The van der Waals surface area contributed by atoms with Gasteiger partial charge in [0.2, 0.25) is 22.6 Å². The fourth-order valence-corrected chi connectivity index (χ4v) is 5.56. The molecule has 1 saturated heterocycles. The summed E-state index contributed by atoms with van der Waals surface area (Å²) in [7, 11) is 0. The third kappa shape index (κ3) is 5.05. The van der Waals surface area contributed by atoms with Crippen LogP contribution in [0.2, 0.25) is 0 Å². The summed E-state index contributed by atoms with van der Waals surface area (Å²) in [5, 5.41) is 22.0. The zero-order chi connectivity index (χ0) is 20.9. The third-order valence-electron chi connectivity index (χ3n) is 5.40. The fraction of sp³-hybridized carbons (Fsp3) is 0.632. The summed E-state index contributed by atoms with van der Waals surface area (Å²) >= 11 is 2.96. The predicted molar refractivity (Wildman–Crippen MR) is 116 cm³/mol. The molecular weight excluding hydrogens is 422 g/mol. The van der Waals surface area contributed by atoms with Gasteiger partial charge in [0.25, 0.3) is 0 Å². The highest BCUT2D eigenvalue weighted by molar-refractivity contribution is 8.01. The zero-order valence-corrected chi connectivity index (χ0v) is 18.6. The number of amides is 1. The molecule has 0 aromatic carbocycles. The van der Waals surface area contributed by atoms with Crippen molar-refractivity contribution < 1.29 is 9.21 Å². The van der Waals surface area contributed by atoms with Crippen molar-refractivity contribution in [2.45, 2.75) is 49.4 Å². The lowest BCUT2D eigenvalue weighted by atomic mass is 9.96. The van der Waals surface area contributed by atoms with Gasteiger partial charge in [-0.25, -0.2) is 4.98 Å². The second-order valence-corrected chi connectivity index (χ2v) is 9.71. The van der Waals surface area contributed by atoms with Crippen molar-refractivity contribution in [1.29, 1.82) is 5.26 Å². The van der Waals surface area contributed by atoms with Crippen molar-refractivity contribution in [3.05, 3.63) is 11.6 Å². The summed E-state index contributed by atoms with van der Waals surface area (Å²) in [5.41, 5.74) is 0.303. The van der Waals surface area contributed by atoms with Crippen LogP contribution >= 0.6 is 23.1 Å². The fourth-order valence-electron chi connectivity index (χ4n) is 3.83. The molecule has 0 atom stereocenters. The first-order chi connectivity index (χ1) is 14.6. The summed E-state index contributed by atoms with van der Waals surface area (Å²) in [4.78, 5) is 20.5. The number of nitrogens with zero attached hydrogens (tertiary/aromatic N) is 6. The Morgan fingerprint density at radius 3 is 2.77 bits per heavy atom. The van der Waals surface area contributed by atoms with E-state index in [0.29, 0.717) is 55.4 Å². The number of carbonyl (C=O) groups is 1. The van der Waals surface area contributed by atoms with Crippen molar-refractivity contribution in [3.63, 3.8) is 0 Å². The number of aryl methyl sites for hydroxylation is 1. The van der Waals surface area contributed by atoms with E-state index in [1.54, 1.807) is 6.92 Å². The largest absolute Gasteiger partial charge is 0.424 e. The van der Waals surface area contributed by atoms with Gasteiger partial charge in [-0.3, -0.25) is 4.79 Å². The van der Waals surface area contributed by atoms with Crippen LogP contribution in [0.1, 0.15) is 43.7 Å². The van der Waals surface area contributed by atoms with E-state index in [2.05, 4.69) is 26.6 Å².